The molecule has 1 aliphatic heterocycles. The van der Waals surface area contributed by atoms with Gasteiger partial charge in [-0.3, -0.25) is 4.79 Å². The summed E-state index contributed by atoms with van der Waals surface area (Å²) < 4.78 is 0. The highest BCUT2D eigenvalue weighted by Gasteiger charge is 2.11. The lowest BCUT2D eigenvalue weighted by Gasteiger charge is -2.17. The first-order chi connectivity index (χ1) is 9.65. The average Bonchev–Trinajstić information content (AvgIpc) is 2.92. The summed E-state index contributed by atoms with van der Waals surface area (Å²) in [5.41, 5.74) is 2.62. The Morgan fingerprint density at radius 2 is 1.85 bits per heavy atom. The van der Waals surface area contributed by atoms with Gasteiger partial charge in [0.1, 0.15) is 0 Å². The molecule has 0 spiro atoms. The molecule has 1 N–H and O–H groups in total. The van der Waals surface area contributed by atoms with E-state index in [0.717, 1.165) is 13.0 Å². The van der Waals surface area contributed by atoms with Crippen LogP contribution < -0.4 is 10.2 Å². The van der Waals surface area contributed by atoms with Crippen LogP contribution in [0.4, 0.5) is 5.69 Å². The highest BCUT2D eigenvalue weighted by molar-refractivity contribution is 5.76. The zero-order valence-corrected chi connectivity index (χ0v) is 12.7. The highest BCUT2D eigenvalue weighted by Crippen LogP contribution is 2.20. The van der Waals surface area contributed by atoms with Crippen LogP contribution in [-0.2, 0) is 11.2 Å². The van der Waals surface area contributed by atoms with Crippen LogP contribution in [0.15, 0.2) is 24.3 Å². The molecule has 2 rings (SSSR count). The Balaban J connectivity index is 1.75. The van der Waals surface area contributed by atoms with Crippen molar-refractivity contribution in [3.8, 4) is 0 Å². The second kappa shape index (κ2) is 7.32. The van der Waals surface area contributed by atoms with Gasteiger partial charge in [-0.15, -0.1) is 0 Å². The molecule has 1 aromatic rings. The molecule has 1 fully saturated rings. The lowest BCUT2D eigenvalue weighted by atomic mass is 10.1. The fourth-order valence-electron chi connectivity index (χ4n) is 2.64. The van der Waals surface area contributed by atoms with Crippen LogP contribution in [0.2, 0.25) is 0 Å². The van der Waals surface area contributed by atoms with Gasteiger partial charge in [0, 0.05) is 31.7 Å². The summed E-state index contributed by atoms with van der Waals surface area (Å²) in [5, 5.41) is 2.98. The smallest absolute Gasteiger partial charge is 0.220 e. The Bertz CT molecular complexity index is 419. The van der Waals surface area contributed by atoms with Gasteiger partial charge in [-0.25, -0.2) is 0 Å². The topological polar surface area (TPSA) is 32.3 Å². The van der Waals surface area contributed by atoms with Gasteiger partial charge in [0.25, 0.3) is 0 Å². The van der Waals surface area contributed by atoms with Crippen molar-refractivity contribution in [2.75, 3.05) is 24.5 Å². The Hall–Kier alpha value is -1.51. The minimum absolute atomic E-state index is 0.161. The number of hydrogen-bond donors (Lipinski definition) is 1. The third kappa shape index (κ3) is 4.55. The molecule has 3 nitrogen and oxygen atoms in total. The average molecular weight is 274 g/mol. The van der Waals surface area contributed by atoms with E-state index in [1.54, 1.807) is 0 Å². The van der Waals surface area contributed by atoms with E-state index in [-0.39, 0.29) is 5.91 Å². The van der Waals surface area contributed by atoms with E-state index in [2.05, 4.69) is 48.3 Å². The molecule has 20 heavy (non-hydrogen) atoms. The second-order valence-electron chi connectivity index (χ2n) is 6.06. The lowest BCUT2D eigenvalue weighted by molar-refractivity contribution is -0.121. The monoisotopic (exact) mass is 274 g/mol. The van der Waals surface area contributed by atoms with Gasteiger partial charge in [0.15, 0.2) is 0 Å². The van der Waals surface area contributed by atoms with Crippen molar-refractivity contribution in [2.24, 2.45) is 5.92 Å². The summed E-state index contributed by atoms with van der Waals surface area (Å²) in [6.45, 7) is 7.23. The highest BCUT2D eigenvalue weighted by atomic mass is 16.1. The Morgan fingerprint density at radius 3 is 2.45 bits per heavy atom. The van der Waals surface area contributed by atoms with Crippen molar-refractivity contribution in [3.63, 3.8) is 0 Å². The third-order valence-corrected chi connectivity index (χ3v) is 3.74. The van der Waals surface area contributed by atoms with Gasteiger partial charge in [-0.05, 0) is 42.9 Å². The van der Waals surface area contributed by atoms with E-state index < -0.39 is 0 Å². The molecule has 0 aromatic heterocycles. The molecule has 0 unspecified atom stereocenters. The first kappa shape index (κ1) is 14.9. The minimum Gasteiger partial charge on any atom is -0.372 e. The fourth-order valence-corrected chi connectivity index (χ4v) is 2.64. The maximum atomic E-state index is 11.6. The molecule has 0 saturated carbocycles. The molecule has 110 valence electrons. The molecule has 0 radical (unpaired) electrons. The summed E-state index contributed by atoms with van der Waals surface area (Å²) >= 11 is 0. The summed E-state index contributed by atoms with van der Waals surface area (Å²) in [7, 11) is 0. The summed E-state index contributed by atoms with van der Waals surface area (Å²) in [6, 6.07) is 8.78. The molecular weight excluding hydrogens is 248 g/mol. The predicted octanol–water partition coefficient (Wildman–Crippen LogP) is 2.99. The van der Waals surface area contributed by atoms with Crippen LogP contribution in [0.5, 0.6) is 0 Å². The number of benzene rings is 1. The van der Waals surface area contributed by atoms with Gasteiger partial charge in [0.05, 0.1) is 0 Å². The minimum atomic E-state index is 0.161. The molecule has 1 aliphatic rings. The number of nitrogens with zero attached hydrogens (tertiary/aromatic N) is 1. The maximum absolute atomic E-state index is 11.6. The Morgan fingerprint density at radius 1 is 1.20 bits per heavy atom. The number of hydrogen-bond acceptors (Lipinski definition) is 2. The van der Waals surface area contributed by atoms with Crippen LogP contribution >= 0.6 is 0 Å². The van der Waals surface area contributed by atoms with E-state index in [0.29, 0.717) is 12.3 Å². The van der Waals surface area contributed by atoms with Crippen molar-refractivity contribution >= 4 is 11.6 Å². The van der Waals surface area contributed by atoms with Gasteiger partial charge in [-0.2, -0.15) is 0 Å². The number of amides is 1. The second-order valence-corrected chi connectivity index (χ2v) is 6.06. The summed E-state index contributed by atoms with van der Waals surface area (Å²) in [6.07, 6.45) is 4.14. The predicted molar refractivity (Wildman–Crippen MR) is 84.1 cm³/mol. The van der Waals surface area contributed by atoms with E-state index in [1.165, 1.54) is 37.2 Å². The van der Waals surface area contributed by atoms with E-state index in [9.17, 15) is 4.79 Å². The first-order valence-electron chi connectivity index (χ1n) is 7.76. The molecule has 1 heterocycles. The van der Waals surface area contributed by atoms with E-state index in [4.69, 9.17) is 0 Å². The third-order valence-electron chi connectivity index (χ3n) is 3.74. The molecule has 3 heteroatoms. The molecule has 0 aliphatic carbocycles. The first-order valence-corrected chi connectivity index (χ1v) is 7.76. The summed E-state index contributed by atoms with van der Waals surface area (Å²) in [5.74, 6) is 0.587. The molecule has 1 amide bonds. The van der Waals surface area contributed by atoms with Gasteiger partial charge in [-0.1, -0.05) is 26.0 Å². The summed E-state index contributed by atoms with van der Waals surface area (Å²) in [4.78, 5) is 14.0. The molecular formula is C17H26N2O. The number of carbonyl (C=O) groups is 1. The van der Waals surface area contributed by atoms with Gasteiger partial charge < -0.3 is 10.2 Å². The van der Waals surface area contributed by atoms with Gasteiger partial charge in [0.2, 0.25) is 5.91 Å². The zero-order chi connectivity index (χ0) is 14.4. The van der Waals surface area contributed by atoms with Crippen molar-refractivity contribution < 1.29 is 4.79 Å². The van der Waals surface area contributed by atoms with Crippen LogP contribution in [-0.4, -0.2) is 25.5 Å². The molecule has 0 atom stereocenters. The van der Waals surface area contributed by atoms with E-state index in [1.807, 2.05) is 0 Å². The van der Waals surface area contributed by atoms with Crippen LogP contribution in [0.1, 0.15) is 38.7 Å². The Kier molecular flexibility index (Phi) is 5.45. The molecule has 0 bridgehead atoms. The Labute approximate surface area is 122 Å². The van der Waals surface area contributed by atoms with Crippen molar-refractivity contribution in [3.05, 3.63) is 29.8 Å². The number of nitrogens with one attached hydrogen (secondary N) is 1. The standard InChI is InChI=1S/C17H26N2O/c1-14(2)13-17(20)18-10-9-15-5-7-16(8-6-15)19-11-3-4-12-19/h5-8,14H,3-4,9-13H2,1-2H3,(H,18,20). The maximum Gasteiger partial charge on any atom is 0.220 e. The van der Waals surface area contributed by atoms with Crippen molar-refractivity contribution in [1.29, 1.82) is 0 Å². The largest absolute Gasteiger partial charge is 0.372 e. The van der Waals surface area contributed by atoms with Crippen molar-refractivity contribution in [2.45, 2.75) is 39.5 Å². The fraction of sp³-hybridized carbons (Fsp3) is 0.588. The van der Waals surface area contributed by atoms with Crippen molar-refractivity contribution in [1.82, 2.24) is 5.32 Å². The normalized spacial score (nSPS) is 14.8. The van der Waals surface area contributed by atoms with Crippen LogP contribution in [0.25, 0.3) is 0 Å². The zero-order valence-electron chi connectivity index (χ0n) is 12.7. The molecule has 1 aromatic carbocycles. The molecule has 1 saturated heterocycles. The number of rotatable bonds is 6. The van der Waals surface area contributed by atoms with E-state index >= 15 is 0 Å². The lowest BCUT2D eigenvalue weighted by Crippen LogP contribution is -2.26. The SMILES string of the molecule is CC(C)CC(=O)NCCc1ccc(N2CCCC2)cc1. The van der Waals surface area contributed by atoms with Crippen LogP contribution in [0, 0.1) is 5.92 Å². The number of carbonyl (C=O) groups excluding carboxylic acids is 1. The van der Waals surface area contributed by atoms with Gasteiger partial charge >= 0.3 is 0 Å². The quantitative estimate of drug-likeness (QED) is 0.865. The van der Waals surface area contributed by atoms with Crippen LogP contribution in [0.3, 0.4) is 0 Å². The number of anilines is 1.